The van der Waals surface area contributed by atoms with Gasteiger partial charge in [-0.05, 0) is 63.8 Å². The molecule has 2 aliphatic heterocycles. The number of halogens is 6. The summed E-state index contributed by atoms with van der Waals surface area (Å²) in [4.78, 5) is 30.3. The molecule has 4 aromatic rings. The van der Waals surface area contributed by atoms with Crippen molar-refractivity contribution in [1.29, 1.82) is 0 Å². The van der Waals surface area contributed by atoms with Crippen LogP contribution in [0.4, 0.5) is 39.0 Å². The molecule has 13 heteroatoms. The van der Waals surface area contributed by atoms with Gasteiger partial charge in [0.1, 0.15) is 0 Å². The van der Waals surface area contributed by atoms with Gasteiger partial charge in [0.2, 0.25) is 0 Å². The van der Waals surface area contributed by atoms with Gasteiger partial charge in [-0.25, -0.2) is 0 Å². The first-order valence-electron chi connectivity index (χ1n) is 15.7. The molecule has 0 bridgehead atoms. The first kappa shape index (κ1) is 39.6. The number of anilines is 3. The SMILES string of the molecule is CC1Oc2c([CH]=[Ru+])cccc2N(C(=O)c2c(F)c(F)c(F)c(F)c2F)C1=O.Cc1cc(C)c(N2[CH-]N(c3c(C)cc(C)cc3C)CC2)c(C)c1.Cl. The van der Waals surface area contributed by atoms with Gasteiger partial charge < -0.3 is 9.80 Å². The van der Waals surface area contributed by atoms with Crippen LogP contribution in [0, 0.1) is 77.3 Å². The summed E-state index contributed by atoms with van der Waals surface area (Å²) in [5.41, 5.74) is 9.38. The molecule has 51 heavy (non-hydrogen) atoms. The number of carbonyl (C=O) groups excluding carboxylic acids is 2. The first-order valence-corrected chi connectivity index (χ1v) is 16.7. The van der Waals surface area contributed by atoms with Gasteiger partial charge in [0.15, 0.2) is 0 Å². The molecule has 6 rings (SSSR count). The van der Waals surface area contributed by atoms with Gasteiger partial charge in [-0.3, -0.25) is 0 Å². The number of para-hydroxylation sites is 1. The van der Waals surface area contributed by atoms with Gasteiger partial charge >= 0.3 is 158 Å². The van der Waals surface area contributed by atoms with Crippen molar-refractivity contribution in [2.24, 2.45) is 0 Å². The molecule has 2 amide bonds. The number of amides is 2. The summed E-state index contributed by atoms with van der Waals surface area (Å²) in [6, 6.07) is 13.4. The summed E-state index contributed by atoms with van der Waals surface area (Å²) in [6.07, 6.45) is -1.23. The van der Waals surface area contributed by atoms with Crippen molar-refractivity contribution in [3.05, 3.63) is 123 Å². The third-order valence-electron chi connectivity index (χ3n) is 8.57. The maximum absolute atomic E-state index is 14.0. The molecule has 1 saturated heterocycles. The second kappa shape index (κ2) is 15.6. The molecule has 2 heterocycles. The Balaban J connectivity index is 0.000000227. The first-order chi connectivity index (χ1) is 23.6. The van der Waals surface area contributed by atoms with Crippen LogP contribution >= 0.6 is 12.4 Å². The van der Waals surface area contributed by atoms with Crippen LogP contribution < -0.4 is 19.4 Å². The average molecular weight is 814 g/mol. The molecule has 1 unspecified atom stereocenters. The van der Waals surface area contributed by atoms with Crippen molar-refractivity contribution in [2.45, 2.75) is 54.6 Å². The summed E-state index contributed by atoms with van der Waals surface area (Å²) >= 11 is 2.18. The Labute approximate surface area is 309 Å². The Bertz CT molecular complexity index is 1920. The maximum atomic E-state index is 14.0. The van der Waals surface area contributed by atoms with E-state index in [9.17, 15) is 31.5 Å². The van der Waals surface area contributed by atoms with E-state index < -0.39 is 52.6 Å². The molecule has 0 aliphatic carbocycles. The normalized spacial score (nSPS) is 15.1. The molecule has 0 saturated carbocycles. The van der Waals surface area contributed by atoms with Gasteiger partial charge in [-0.1, -0.05) is 35.4 Å². The summed E-state index contributed by atoms with van der Waals surface area (Å²) in [5.74, 6) is -14.2. The number of rotatable bonds is 4. The Morgan fingerprint density at radius 2 is 1.22 bits per heavy atom. The maximum Gasteiger partial charge on any atom is 0.0146 e. The van der Waals surface area contributed by atoms with Gasteiger partial charge in [0.25, 0.3) is 0 Å². The van der Waals surface area contributed by atoms with Crippen molar-refractivity contribution < 1.29 is 54.1 Å². The second-order valence-corrected chi connectivity index (χ2v) is 13.0. The van der Waals surface area contributed by atoms with E-state index in [0.717, 1.165) is 13.1 Å². The quantitative estimate of drug-likeness (QED) is 0.0518. The Morgan fingerprint density at radius 3 is 1.65 bits per heavy atom. The zero-order valence-electron chi connectivity index (χ0n) is 28.9. The second-order valence-electron chi connectivity index (χ2n) is 12.5. The van der Waals surface area contributed by atoms with Crippen molar-refractivity contribution >= 4 is 45.9 Å². The van der Waals surface area contributed by atoms with Crippen LogP contribution in [0.15, 0.2) is 42.5 Å². The van der Waals surface area contributed by atoms with Gasteiger partial charge in [-0.15, -0.1) is 12.4 Å². The monoisotopic (exact) mass is 814 g/mol. The van der Waals surface area contributed by atoms with Gasteiger partial charge in [0.05, 0.1) is 0 Å². The van der Waals surface area contributed by atoms with E-state index in [-0.39, 0.29) is 23.8 Å². The Hall–Kier alpha value is -4.15. The molecule has 0 radical (unpaired) electrons. The number of nitrogens with zero attached hydrogens (tertiary/aromatic N) is 3. The molecule has 6 nitrogen and oxygen atoms in total. The molecule has 0 N–H and O–H groups in total. The van der Waals surface area contributed by atoms with E-state index >= 15 is 0 Å². The molecular weight excluding hydrogens is 778 g/mol. The molecule has 0 aromatic heterocycles. The summed E-state index contributed by atoms with van der Waals surface area (Å²) in [6.45, 7) is 18.9. The fraction of sp³-hybridized carbons (Fsp3) is 0.263. The molecule has 2 aliphatic rings. The summed E-state index contributed by atoms with van der Waals surface area (Å²) < 4.78 is 75.2. The summed E-state index contributed by atoms with van der Waals surface area (Å²) in [7, 11) is 0. The van der Waals surface area contributed by atoms with Crippen LogP contribution in [0.2, 0.25) is 0 Å². The van der Waals surface area contributed by atoms with E-state index in [1.54, 1.807) is 6.07 Å². The van der Waals surface area contributed by atoms with E-state index in [1.165, 1.54) is 68.4 Å². The standard InChI is InChI=1S/C21H27N2.C17H8F5NO3.ClH.Ru/c1-14-9-16(3)20(17(4)10-14)22-7-8-23(13-22)21-18(5)11-15(2)12-19(21)6;1-6-4-3-5-8-15(6)26-7(2)16(24)23(8)17(25)9-10(18)12(20)14(22)13(21)11(9)19;;/h9-13H,7-8H2,1-6H3;1,3-5,7H,2H3;1H;/q-1;;;+1. The van der Waals surface area contributed by atoms with Crippen molar-refractivity contribution in [3.8, 4) is 5.75 Å². The molecule has 1 atom stereocenters. The predicted octanol–water partition coefficient (Wildman–Crippen LogP) is 8.44. The average Bonchev–Trinajstić information content (AvgIpc) is 3.51. The Morgan fingerprint density at radius 1 is 0.784 bits per heavy atom. The number of aryl methyl sites for hydroxylation is 6. The van der Waals surface area contributed by atoms with Gasteiger partial charge in [0, 0.05) is 24.5 Å². The number of carbonyl (C=O) groups is 2. The van der Waals surface area contributed by atoms with Crippen molar-refractivity contribution in [2.75, 3.05) is 27.8 Å². The van der Waals surface area contributed by atoms with E-state index in [0.29, 0.717) is 10.5 Å². The van der Waals surface area contributed by atoms with Gasteiger partial charge in [-0.2, -0.15) is 6.67 Å². The number of benzene rings is 4. The van der Waals surface area contributed by atoms with E-state index in [4.69, 9.17) is 4.74 Å². The number of ether oxygens (including phenoxy) is 1. The largest absolute Gasteiger partial charge is 0.502 e. The van der Waals surface area contributed by atoms with Crippen LogP contribution in [-0.2, 0) is 22.6 Å². The number of fused-ring (bicyclic) bond motifs is 1. The Kier molecular flexibility index (Phi) is 12.1. The van der Waals surface area contributed by atoms with Crippen LogP contribution in [0.25, 0.3) is 0 Å². The topological polar surface area (TPSA) is 53.1 Å². The van der Waals surface area contributed by atoms with Crippen LogP contribution in [0.3, 0.4) is 0 Å². The molecule has 0 spiro atoms. The summed E-state index contributed by atoms with van der Waals surface area (Å²) in [5, 5.41) is 0. The third kappa shape index (κ3) is 7.44. The third-order valence-corrected chi connectivity index (χ3v) is 9.11. The molecule has 4 aromatic carbocycles. The van der Waals surface area contributed by atoms with Crippen LogP contribution in [0.5, 0.6) is 5.75 Å². The molecule has 271 valence electrons. The van der Waals surface area contributed by atoms with Crippen molar-refractivity contribution in [1.82, 2.24) is 0 Å². The molecule has 1 fully saturated rings. The van der Waals surface area contributed by atoms with Crippen molar-refractivity contribution in [3.63, 3.8) is 0 Å². The minimum absolute atomic E-state index is 0. The zero-order chi connectivity index (χ0) is 36.8. The van der Waals surface area contributed by atoms with Crippen LogP contribution in [-0.4, -0.2) is 35.6 Å². The fourth-order valence-corrected chi connectivity index (χ4v) is 7.05. The van der Waals surface area contributed by atoms with Crippen LogP contribution in [0.1, 0.15) is 56.2 Å². The van der Waals surface area contributed by atoms with E-state index in [1.807, 2.05) is 0 Å². The zero-order valence-corrected chi connectivity index (χ0v) is 31.5. The number of hydrogen-bond acceptors (Lipinski definition) is 5. The number of imide groups is 1. The smallest absolute Gasteiger partial charge is 0.0146 e. The molecular formula is C38H36ClF5N3O3Ru. The predicted molar refractivity (Wildman–Crippen MR) is 187 cm³/mol. The minimum Gasteiger partial charge on any atom is -0.502 e. The minimum atomic E-state index is -2.40. The number of hydrogen-bond donors (Lipinski definition) is 0. The fourth-order valence-electron chi connectivity index (χ4n) is 6.66. The van der Waals surface area contributed by atoms with E-state index in [2.05, 4.69) is 100 Å².